The minimum atomic E-state index is -0.546. The number of carbonyl (C=O) groups is 2. The first kappa shape index (κ1) is 18.2. The maximum absolute atomic E-state index is 12.7. The predicted molar refractivity (Wildman–Crippen MR) is 102 cm³/mol. The summed E-state index contributed by atoms with van der Waals surface area (Å²) in [4.78, 5) is 23.4. The van der Waals surface area contributed by atoms with E-state index in [1.54, 1.807) is 35.1 Å². The van der Waals surface area contributed by atoms with Gasteiger partial charge < -0.3 is 15.8 Å². The van der Waals surface area contributed by atoms with Gasteiger partial charge >= 0.3 is 0 Å². The number of primary amides is 1. The molecule has 0 saturated carbocycles. The van der Waals surface area contributed by atoms with Crippen LogP contribution in [0.25, 0.3) is 5.69 Å². The second-order valence-corrected chi connectivity index (χ2v) is 5.84. The predicted octanol–water partition coefficient (Wildman–Crippen LogP) is 2.55. The maximum atomic E-state index is 12.7. The minimum Gasteiger partial charge on any atom is -0.484 e. The Labute approximate surface area is 156 Å². The molecule has 0 saturated heterocycles. The molecule has 3 N–H and O–H groups in total. The molecule has 1 aromatic heterocycles. The number of hydrogen-bond donors (Lipinski definition) is 2. The Morgan fingerprint density at radius 2 is 1.81 bits per heavy atom. The first-order valence-corrected chi connectivity index (χ1v) is 8.53. The van der Waals surface area contributed by atoms with Crippen molar-refractivity contribution < 1.29 is 14.3 Å². The van der Waals surface area contributed by atoms with Crippen molar-refractivity contribution in [2.45, 2.75) is 13.3 Å². The second-order valence-electron chi connectivity index (χ2n) is 5.84. The van der Waals surface area contributed by atoms with Crippen molar-refractivity contribution in [2.24, 2.45) is 5.73 Å². The maximum Gasteiger partial charge on any atom is 0.259 e. The number of para-hydroxylation sites is 1. The van der Waals surface area contributed by atoms with Crippen molar-refractivity contribution in [3.63, 3.8) is 0 Å². The molecular formula is C20H20N4O3. The number of aromatic nitrogens is 2. The first-order chi connectivity index (χ1) is 13.1. The zero-order valence-electron chi connectivity index (χ0n) is 14.9. The highest BCUT2D eigenvalue weighted by molar-refractivity contribution is 6.05. The number of nitrogens with two attached hydrogens (primary N) is 1. The van der Waals surface area contributed by atoms with E-state index < -0.39 is 5.91 Å². The lowest BCUT2D eigenvalue weighted by Crippen LogP contribution is -2.20. The van der Waals surface area contributed by atoms with Crippen molar-refractivity contribution in [3.8, 4) is 11.4 Å². The third kappa shape index (κ3) is 4.33. The van der Waals surface area contributed by atoms with Crippen molar-refractivity contribution in [3.05, 3.63) is 72.1 Å². The fourth-order valence-electron chi connectivity index (χ4n) is 2.68. The molecule has 0 aliphatic rings. The summed E-state index contributed by atoms with van der Waals surface area (Å²) in [5, 5.41) is 7.22. The number of nitrogens with one attached hydrogen (secondary N) is 1. The lowest BCUT2D eigenvalue weighted by Gasteiger charge is -2.09. The van der Waals surface area contributed by atoms with Crippen LogP contribution in [0.3, 0.4) is 0 Å². The molecule has 7 nitrogen and oxygen atoms in total. The highest BCUT2D eigenvalue weighted by Crippen LogP contribution is 2.19. The van der Waals surface area contributed by atoms with Gasteiger partial charge in [-0.3, -0.25) is 9.59 Å². The van der Waals surface area contributed by atoms with Crippen molar-refractivity contribution in [1.82, 2.24) is 9.78 Å². The van der Waals surface area contributed by atoms with Crippen LogP contribution in [0.2, 0.25) is 0 Å². The Bertz CT molecular complexity index is 934. The van der Waals surface area contributed by atoms with E-state index in [2.05, 4.69) is 10.4 Å². The highest BCUT2D eigenvalue weighted by Gasteiger charge is 2.17. The molecule has 138 valence electrons. The highest BCUT2D eigenvalue weighted by atomic mass is 16.5. The standard InChI is InChI=1S/C20H20N4O3/c1-2-18-17(12-22-24(18)15-6-4-3-5-7-15)20(26)23-14-8-10-16(11-9-14)27-13-19(21)25/h3-12H,2,13H2,1H3,(H2,21,25)(H,23,26). The average Bonchev–Trinajstić information content (AvgIpc) is 3.12. The minimum absolute atomic E-state index is 0.190. The zero-order valence-corrected chi connectivity index (χ0v) is 14.9. The monoisotopic (exact) mass is 364 g/mol. The van der Waals surface area contributed by atoms with Crippen LogP contribution in [0.15, 0.2) is 60.8 Å². The van der Waals surface area contributed by atoms with Gasteiger partial charge in [-0.15, -0.1) is 0 Å². The van der Waals surface area contributed by atoms with E-state index in [9.17, 15) is 9.59 Å². The Balaban J connectivity index is 1.75. The first-order valence-electron chi connectivity index (χ1n) is 8.53. The van der Waals surface area contributed by atoms with Crippen LogP contribution < -0.4 is 15.8 Å². The summed E-state index contributed by atoms with van der Waals surface area (Å²) in [5.74, 6) is -0.285. The molecule has 0 unspecified atom stereocenters. The number of carbonyl (C=O) groups excluding carboxylic acids is 2. The van der Waals surface area contributed by atoms with Gasteiger partial charge in [0.15, 0.2) is 6.61 Å². The topological polar surface area (TPSA) is 99.2 Å². The van der Waals surface area contributed by atoms with Crippen LogP contribution in [-0.2, 0) is 11.2 Å². The molecule has 0 spiro atoms. The number of benzene rings is 2. The molecule has 27 heavy (non-hydrogen) atoms. The zero-order chi connectivity index (χ0) is 19.2. The molecule has 0 radical (unpaired) electrons. The summed E-state index contributed by atoms with van der Waals surface area (Å²) in [6.45, 7) is 1.79. The van der Waals surface area contributed by atoms with Gasteiger partial charge in [-0.25, -0.2) is 4.68 Å². The van der Waals surface area contributed by atoms with Crippen molar-refractivity contribution in [2.75, 3.05) is 11.9 Å². The largest absolute Gasteiger partial charge is 0.484 e. The van der Waals surface area contributed by atoms with Gasteiger partial charge in [-0.05, 0) is 42.8 Å². The molecule has 3 aromatic rings. The molecule has 2 amide bonds. The molecule has 3 rings (SSSR count). The smallest absolute Gasteiger partial charge is 0.259 e. The molecule has 0 atom stereocenters. The Hall–Kier alpha value is -3.61. The van der Waals surface area contributed by atoms with E-state index in [-0.39, 0.29) is 12.5 Å². The van der Waals surface area contributed by atoms with Gasteiger partial charge in [0.25, 0.3) is 11.8 Å². The van der Waals surface area contributed by atoms with Gasteiger partial charge in [0.05, 0.1) is 23.1 Å². The third-order valence-corrected chi connectivity index (χ3v) is 3.94. The molecule has 0 fully saturated rings. The van der Waals surface area contributed by atoms with E-state index in [4.69, 9.17) is 10.5 Å². The van der Waals surface area contributed by atoms with Gasteiger partial charge in [0.1, 0.15) is 5.75 Å². The van der Waals surface area contributed by atoms with E-state index in [1.165, 1.54) is 0 Å². The summed E-state index contributed by atoms with van der Waals surface area (Å²) in [5.41, 5.74) is 7.92. The van der Waals surface area contributed by atoms with Crippen LogP contribution >= 0.6 is 0 Å². The quantitative estimate of drug-likeness (QED) is 0.673. The molecule has 7 heteroatoms. The van der Waals surface area contributed by atoms with Crippen LogP contribution in [0.1, 0.15) is 23.0 Å². The summed E-state index contributed by atoms with van der Waals surface area (Å²) >= 11 is 0. The van der Waals surface area contributed by atoms with E-state index in [0.29, 0.717) is 23.4 Å². The Morgan fingerprint density at radius 1 is 1.11 bits per heavy atom. The fourth-order valence-corrected chi connectivity index (χ4v) is 2.68. The lowest BCUT2D eigenvalue weighted by molar-refractivity contribution is -0.119. The number of anilines is 1. The molecule has 0 aliphatic heterocycles. The van der Waals surface area contributed by atoms with Crippen LogP contribution in [-0.4, -0.2) is 28.2 Å². The average molecular weight is 364 g/mol. The Morgan fingerprint density at radius 3 is 2.44 bits per heavy atom. The summed E-state index contributed by atoms with van der Waals surface area (Å²) < 4.78 is 6.97. The number of ether oxygens (including phenoxy) is 1. The third-order valence-electron chi connectivity index (χ3n) is 3.94. The normalized spacial score (nSPS) is 10.4. The summed E-state index contributed by atoms with van der Waals surface area (Å²) in [6, 6.07) is 16.4. The SMILES string of the molecule is CCc1c(C(=O)Nc2ccc(OCC(N)=O)cc2)cnn1-c1ccccc1. The molecule has 0 aliphatic carbocycles. The van der Waals surface area contributed by atoms with Crippen LogP contribution in [0.5, 0.6) is 5.75 Å². The van der Waals surface area contributed by atoms with E-state index in [1.807, 2.05) is 37.3 Å². The van der Waals surface area contributed by atoms with Crippen molar-refractivity contribution >= 4 is 17.5 Å². The van der Waals surface area contributed by atoms with Gasteiger partial charge in [0, 0.05) is 5.69 Å². The van der Waals surface area contributed by atoms with Crippen LogP contribution in [0.4, 0.5) is 5.69 Å². The number of rotatable bonds is 7. The van der Waals surface area contributed by atoms with E-state index in [0.717, 1.165) is 11.4 Å². The lowest BCUT2D eigenvalue weighted by atomic mass is 10.2. The molecule has 0 bridgehead atoms. The number of amides is 2. The fraction of sp³-hybridized carbons (Fsp3) is 0.150. The molecular weight excluding hydrogens is 344 g/mol. The molecule has 2 aromatic carbocycles. The number of nitrogens with zero attached hydrogens (tertiary/aromatic N) is 2. The van der Waals surface area contributed by atoms with E-state index >= 15 is 0 Å². The number of hydrogen-bond acceptors (Lipinski definition) is 4. The molecule has 1 heterocycles. The summed E-state index contributed by atoms with van der Waals surface area (Å²) in [6.07, 6.45) is 2.24. The van der Waals surface area contributed by atoms with Gasteiger partial charge in [0.2, 0.25) is 0 Å². The van der Waals surface area contributed by atoms with Crippen molar-refractivity contribution in [1.29, 1.82) is 0 Å². The van der Waals surface area contributed by atoms with Gasteiger partial charge in [-0.1, -0.05) is 25.1 Å². The second kappa shape index (κ2) is 8.18. The van der Waals surface area contributed by atoms with Crippen LogP contribution in [0, 0.1) is 0 Å². The van der Waals surface area contributed by atoms with Gasteiger partial charge in [-0.2, -0.15) is 5.10 Å². The Kier molecular flexibility index (Phi) is 5.51. The summed E-state index contributed by atoms with van der Waals surface area (Å²) in [7, 11) is 0.